The average Bonchev–Trinajstić information content (AvgIpc) is 2.50. The predicted molar refractivity (Wildman–Crippen MR) is 91.4 cm³/mol. The molecule has 2 rings (SSSR count). The van der Waals surface area contributed by atoms with Gasteiger partial charge in [-0.25, -0.2) is 4.98 Å². The van der Waals surface area contributed by atoms with Gasteiger partial charge >= 0.3 is 0 Å². The van der Waals surface area contributed by atoms with Crippen LogP contribution < -0.4 is 10.6 Å². The molecule has 0 spiro atoms. The second kappa shape index (κ2) is 7.59. The van der Waals surface area contributed by atoms with Crippen molar-refractivity contribution in [2.24, 2.45) is 5.92 Å². The number of pyridine rings is 1. The number of rotatable bonds is 6. The largest absolute Gasteiger partial charge is 0.354 e. The third kappa shape index (κ3) is 4.32. The molecule has 0 aliphatic heterocycles. The fourth-order valence-corrected chi connectivity index (χ4v) is 2.32. The molecule has 0 fully saturated rings. The Bertz CT molecular complexity index is 618. The summed E-state index contributed by atoms with van der Waals surface area (Å²) in [6.07, 6.45) is 3.41. The Balaban J connectivity index is 2.00. The summed E-state index contributed by atoms with van der Waals surface area (Å²) >= 11 is 0. The number of nitrogens with one attached hydrogen (secondary N) is 2. The predicted octanol–water partition coefficient (Wildman–Crippen LogP) is 4.51. The van der Waals surface area contributed by atoms with Gasteiger partial charge < -0.3 is 10.6 Å². The summed E-state index contributed by atoms with van der Waals surface area (Å²) < 4.78 is 0. The molecule has 0 bridgehead atoms. The molecule has 4 nitrogen and oxygen atoms in total. The Kier molecular flexibility index (Phi) is 5.53. The lowest BCUT2D eigenvalue weighted by atomic mass is 10.0. The van der Waals surface area contributed by atoms with Crippen molar-refractivity contribution in [3.8, 4) is 0 Å². The first kappa shape index (κ1) is 16.0. The molecule has 4 heteroatoms. The standard InChI is InChI=1S/C18H23N3O/c1-4-14(5-2)18(22)21-17-10-9-16(12-19-17)20-15-8-6-7-13(3)11-15/h6-12,14,20H,4-5H2,1-3H3,(H,19,21,22). The van der Waals surface area contributed by atoms with E-state index >= 15 is 0 Å². The first-order valence-corrected chi connectivity index (χ1v) is 7.73. The average molecular weight is 297 g/mol. The van der Waals surface area contributed by atoms with Crippen molar-refractivity contribution in [3.05, 3.63) is 48.2 Å². The van der Waals surface area contributed by atoms with Crippen molar-refractivity contribution in [1.82, 2.24) is 4.98 Å². The van der Waals surface area contributed by atoms with E-state index in [1.54, 1.807) is 6.20 Å². The van der Waals surface area contributed by atoms with Crippen LogP contribution >= 0.6 is 0 Å². The van der Waals surface area contributed by atoms with Crippen molar-refractivity contribution in [3.63, 3.8) is 0 Å². The minimum Gasteiger partial charge on any atom is -0.354 e. The number of benzene rings is 1. The lowest BCUT2D eigenvalue weighted by Crippen LogP contribution is -2.22. The zero-order valence-corrected chi connectivity index (χ0v) is 13.4. The summed E-state index contributed by atoms with van der Waals surface area (Å²) in [5, 5.41) is 6.16. The van der Waals surface area contributed by atoms with Gasteiger partial charge in [-0.2, -0.15) is 0 Å². The minimum absolute atomic E-state index is 0.0388. The van der Waals surface area contributed by atoms with Crippen LogP contribution in [0.5, 0.6) is 0 Å². The molecule has 116 valence electrons. The lowest BCUT2D eigenvalue weighted by Gasteiger charge is -2.12. The molecule has 1 aromatic carbocycles. The molecule has 2 aromatic rings. The Morgan fingerprint density at radius 2 is 1.91 bits per heavy atom. The summed E-state index contributed by atoms with van der Waals surface area (Å²) in [6.45, 7) is 6.10. The summed E-state index contributed by atoms with van der Waals surface area (Å²) in [6, 6.07) is 11.9. The molecular weight excluding hydrogens is 274 g/mol. The zero-order valence-electron chi connectivity index (χ0n) is 13.4. The van der Waals surface area contributed by atoms with E-state index < -0.39 is 0 Å². The van der Waals surface area contributed by atoms with E-state index in [1.165, 1.54) is 5.56 Å². The van der Waals surface area contributed by atoms with Crippen molar-refractivity contribution >= 4 is 23.1 Å². The number of aryl methyl sites for hydroxylation is 1. The minimum atomic E-state index is 0.0388. The number of amides is 1. The van der Waals surface area contributed by atoms with Crippen molar-refractivity contribution in [2.75, 3.05) is 10.6 Å². The molecular formula is C18H23N3O. The van der Waals surface area contributed by atoms with Gasteiger partial charge in [-0.05, 0) is 49.6 Å². The Hall–Kier alpha value is -2.36. The van der Waals surface area contributed by atoms with Crippen LogP contribution in [0.25, 0.3) is 0 Å². The molecule has 0 atom stereocenters. The highest BCUT2D eigenvalue weighted by molar-refractivity contribution is 5.91. The first-order valence-electron chi connectivity index (χ1n) is 7.73. The molecule has 0 unspecified atom stereocenters. The smallest absolute Gasteiger partial charge is 0.228 e. The molecule has 0 aliphatic carbocycles. The molecule has 0 saturated heterocycles. The Morgan fingerprint density at radius 1 is 1.14 bits per heavy atom. The van der Waals surface area contributed by atoms with Gasteiger partial charge in [-0.15, -0.1) is 0 Å². The Morgan fingerprint density at radius 3 is 2.50 bits per heavy atom. The molecule has 1 heterocycles. The summed E-state index contributed by atoms with van der Waals surface area (Å²) in [5.41, 5.74) is 3.12. The van der Waals surface area contributed by atoms with Gasteiger partial charge in [-0.3, -0.25) is 4.79 Å². The monoisotopic (exact) mass is 297 g/mol. The third-order valence-corrected chi connectivity index (χ3v) is 3.68. The molecule has 1 aromatic heterocycles. The van der Waals surface area contributed by atoms with E-state index in [1.807, 2.05) is 38.1 Å². The summed E-state index contributed by atoms with van der Waals surface area (Å²) in [5.74, 6) is 0.676. The SMILES string of the molecule is CCC(CC)C(=O)Nc1ccc(Nc2cccc(C)c2)cn1. The molecule has 0 aliphatic rings. The highest BCUT2D eigenvalue weighted by atomic mass is 16.1. The maximum absolute atomic E-state index is 12.0. The van der Waals surface area contributed by atoms with Crippen LogP contribution in [0, 0.1) is 12.8 Å². The fourth-order valence-electron chi connectivity index (χ4n) is 2.32. The highest BCUT2D eigenvalue weighted by Crippen LogP contribution is 2.18. The Labute approximate surface area is 132 Å². The van der Waals surface area contributed by atoms with Crippen molar-refractivity contribution in [2.45, 2.75) is 33.6 Å². The number of hydrogen-bond acceptors (Lipinski definition) is 3. The maximum atomic E-state index is 12.0. The second-order valence-corrected chi connectivity index (χ2v) is 5.43. The van der Waals surface area contributed by atoms with Crippen LogP contribution in [0.15, 0.2) is 42.6 Å². The number of carbonyl (C=O) groups excluding carboxylic acids is 1. The normalized spacial score (nSPS) is 10.5. The molecule has 0 radical (unpaired) electrons. The second-order valence-electron chi connectivity index (χ2n) is 5.43. The highest BCUT2D eigenvalue weighted by Gasteiger charge is 2.14. The van der Waals surface area contributed by atoms with E-state index in [9.17, 15) is 4.79 Å². The lowest BCUT2D eigenvalue weighted by molar-refractivity contribution is -0.120. The van der Waals surface area contributed by atoms with Gasteiger partial charge in [0.15, 0.2) is 0 Å². The van der Waals surface area contributed by atoms with Crippen molar-refractivity contribution < 1.29 is 4.79 Å². The van der Waals surface area contributed by atoms with Crippen LogP contribution in [0.2, 0.25) is 0 Å². The topological polar surface area (TPSA) is 54.0 Å². The van der Waals surface area contributed by atoms with Gasteiger partial charge in [0.25, 0.3) is 0 Å². The molecule has 0 saturated carbocycles. The van der Waals surface area contributed by atoms with Gasteiger partial charge in [0.05, 0.1) is 11.9 Å². The first-order chi connectivity index (χ1) is 10.6. The van der Waals surface area contributed by atoms with Gasteiger partial charge in [0.1, 0.15) is 5.82 Å². The zero-order chi connectivity index (χ0) is 15.9. The molecule has 22 heavy (non-hydrogen) atoms. The van der Waals surface area contributed by atoms with Crippen molar-refractivity contribution in [1.29, 1.82) is 0 Å². The van der Waals surface area contributed by atoms with E-state index in [-0.39, 0.29) is 11.8 Å². The van der Waals surface area contributed by atoms with Crippen LogP contribution in [0.4, 0.5) is 17.2 Å². The number of nitrogens with zero attached hydrogens (tertiary/aromatic N) is 1. The maximum Gasteiger partial charge on any atom is 0.228 e. The number of carbonyl (C=O) groups is 1. The molecule has 2 N–H and O–H groups in total. The quantitative estimate of drug-likeness (QED) is 0.825. The van der Waals surface area contributed by atoms with Crippen LogP contribution in [0.3, 0.4) is 0 Å². The number of aromatic nitrogens is 1. The van der Waals surface area contributed by atoms with Crippen LogP contribution in [-0.2, 0) is 4.79 Å². The van der Waals surface area contributed by atoms with Crippen LogP contribution in [-0.4, -0.2) is 10.9 Å². The number of hydrogen-bond donors (Lipinski definition) is 2. The van der Waals surface area contributed by atoms with Gasteiger partial charge in [-0.1, -0.05) is 26.0 Å². The van der Waals surface area contributed by atoms with Crippen LogP contribution in [0.1, 0.15) is 32.3 Å². The molecule has 1 amide bonds. The number of anilines is 3. The van der Waals surface area contributed by atoms with E-state index in [0.29, 0.717) is 5.82 Å². The fraction of sp³-hybridized carbons (Fsp3) is 0.333. The third-order valence-electron chi connectivity index (χ3n) is 3.68. The summed E-state index contributed by atoms with van der Waals surface area (Å²) in [4.78, 5) is 16.3. The van der Waals surface area contributed by atoms with E-state index in [0.717, 1.165) is 24.2 Å². The van der Waals surface area contributed by atoms with Gasteiger partial charge in [0.2, 0.25) is 5.91 Å². The summed E-state index contributed by atoms with van der Waals surface area (Å²) in [7, 11) is 0. The van der Waals surface area contributed by atoms with Gasteiger partial charge in [0, 0.05) is 11.6 Å². The van der Waals surface area contributed by atoms with E-state index in [2.05, 4.69) is 34.7 Å². The van der Waals surface area contributed by atoms with E-state index in [4.69, 9.17) is 0 Å².